The molecule has 0 aliphatic heterocycles. The summed E-state index contributed by atoms with van der Waals surface area (Å²) in [5, 5.41) is 11.7. The van der Waals surface area contributed by atoms with Gasteiger partial charge in [0.15, 0.2) is 0 Å². The molecule has 0 spiro atoms. The third-order valence-electron chi connectivity index (χ3n) is 2.13. The summed E-state index contributed by atoms with van der Waals surface area (Å²) in [6.45, 7) is 0. The van der Waals surface area contributed by atoms with Gasteiger partial charge in [-0.1, -0.05) is 6.07 Å². The highest BCUT2D eigenvalue weighted by molar-refractivity contribution is 7.98. The first kappa shape index (κ1) is 11.9. The van der Waals surface area contributed by atoms with Crippen LogP contribution >= 0.6 is 11.8 Å². The number of benzene rings is 1. The third-order valence-corrected chi connectivity index (χ3v) is 2.92. The number of thioether (sulfide) groups is 1. The number of likely N-dealkylation sites (N-methyl/N-ethyl adjacent to an activating group) is 1. The lowest BCUT2D eigenvalue weighted by Gasteiger charge is -2.13. The largest absolute Gasteiger partial charge is 0.480 e. The van der Waals surface area contributed by atoms with Crippen molar-refractivity contribution in [3.8, 4) is 0 Å². The van der Waals surface area contributed by atoms with Crippen molar-refractivity contribution in [2.24, 2.45) is 0 Å². The fraction of sp³-hybridized carbons (Fsp3) is 0.300. The van der Waals surface area contributed by atoms with Gasteiger partial charge >= 0.3 is 5.97 Å². The Hall–Kier alpha value is -1.20. The summed E-state index contributed by atoms with van der Waals surface area (Å²) < 4.78 is 0. The molecule has 0 aliphatic rings. The highest BCUT2D eigenvalue weighted by Gasteiger charge is 2.17. The van der Waals surface area contributed by atoms with Crippen molar-refractivity contribution in [2.75, 3.05) is 19.0 Å². The van der Waals surface area contributed by atoms with Crippen molar-refractivity contribution in [3.05, 3.63) is 23.8 Å². The molecule has 0 bridgehead atoms. The fourth-order valence-corrected chi connectivity index (χ4v) is 1.90. The van der Waals surface area contributed by atoms with E-state index in [0.29, 0.717) is 11.3 Å². The molecule has 1 atom stereocenters. The van der Waals surface area contributed by atoms with E-state index in [1.54, 1.807) is 25.2 Å². The maximum absolute atomic E-state index is 10.9. The van der Waals surface area contributed by atoms with Crippen molar-refractivity contribution < 1.29 is 9.90 Å². The first-order valence-electron chi connectivity index (χ1n) is 4.43. The molecule has 5 heteroatoms. The number of carboxylic acids is 1. The lowest BCUT2D eigenvalue weighted by Crippen LogP contribution is -2.24. The van der Waals surface area contributed by atoms with Crippen LogP contribution in [-0.2, 0) is 4.79 Å². The smallest absolute Gasteiger partial charge is 0.325 e. The van der Waals surface area contributed by atoms with Crippen LogP contribution in [0.2, 0.25) is 0 Å². The minimum Gasteiger partial charge on any atom is -0.480 e. The van der Waals surface area contributed by atoms with Gasteiger partial charge in [0.05, 0.1) is 0 Å². The summed E-state index contributed by atoms with van der Waals surface area (Å²) >= 11 is 1.50. The molecule has 15 heavy (non-hydrogen) atoms. The van der Waals surface area contributed by atoms with E-state index in [-0.39, 0.29) is 0 Å². The highest BCUT2D eigenvalue weighted by Crippen LogP contribution is 2.26. The van der Waals surface area contributed by atoms with Gasteiger partial charge in [0.1, 0.15) is 6.04 Å². The monoisotopic (exact) mass is 226 g/mol. The number of nitrogen functional groups attached to an aromatic ring is 1. The number of aliphatic carboxylic acids is 1. The SMILES string of the molecule is CNC(C(=O)O)c1ccc(N)c(SC)c1. The minimum absolute atomic E-state index is 0.673. The Morgan fingerprint density at radius 3 is 2.73 bits per heavy atom. The number of rotatable bonds is 4. The van der Waals surface area contributed by atoms with Crippen LogP contribution in [0.15, 0.2) is 23.1 Å². The molecule has 1 aromatic carbocycles. The molecule has 0 fully saturated rings. The summed E-state index contributed by atoms with van der Waals surface area (Å²) in [6, 6.07) is 4.57. The predicted octanol–water partition coefficient (Wildman–Crippen LogP) is 1.34. The van der Waals surface area contributed by atoms with Gasteiger partial charge in [-0.15, -0.1) is 11.8 Å². The average Bonchev–Trinajstić information content (AvgIpc) is 2.21. The van der Waals surface area contributed by atoms with Crippen molar-refractivity contribution in [3.63, 3.8) is 0 Å². The summed E-state index contributed by atoms with van der Waals surface area (Å²) in [5.74, 6) is -0.894. The Balaban J connectivity index is 3.09. The minimum atomic E-state index is -0.894. The molecule has 0 saturated carbocycles. The summed E-state index contributed by atoms with van der Waals surface area (Å²) in [7, 11) is 1.62. The number of carbonyl (C=O) groups is 1. The zero-order chi connectivity index (χ0) is 11.4. The van der Waals surface area contributed by atoms with E-state index in [0.717, 1.165) is 4.90 Å². The lowest BCUT2D eigenvalue weighted by atomic mass is 10.1. The normalized spacial score (nSPS) is 12.4. The van der Waals surface area contributed by atoms with Crippen molar-refractivity contribution in [2.45, 2.75) is 10.9 Å². The second kappa shape index (κ2) is 5.04. The Labute approximate surface area is 92.9 Å². The van der Waals surface area contributed by atoms with Crippen LogP contribution in [0, 0.1) is 0 Å². The summed E-state index contributed by atoms with van der Waals surface area (Å²) in [6.07, 6.45) is 1.91. The van der Waals surface area contributed by atoms with Crippen LogP contribution in [0.25, 0.3) is 0 Å². The Kier molecular flexibility index (Phi) is 3.99. The van der Waals surface area contributed by atoms with Gasteiger partial charge in [-0.25, -0.2) is 0 Å². The van der Waals surface area contributed by atoms with Crippen molar-refractivity contribution in [1.82, 2.24) is 5.32 Å². The Morgan fingerprint density at radius 2 is 2.27 bits per heavy atom. The molecule has 4 nitrogen and oxygen atoms in total. The van der Waals surface area contributed by atoms with Crippen molar-refractivity contribution in [1.29, 1.82) is 0 Å². The van der Waals surface area contributed by atoms with E-state index in [2.05, 4.69) is 5.32 Å². The molecule has 1 rings (SSSR count). The maximum Gasteiger partial charge on any atom is 0.325 e. The van der Waals surface area contributed by atoms with Gasteiger partial charge in [0.2, 0.25) is 0 Å². The number of anilines is 1. The van der Waals surface area contributed by atoms with Crippen LogP contribution in [0.3, 0.4) is 0 Å². The predicted molar refractivity (Wildman–Crippen MR) is 62.1 cm³/mol. The molecule has 0 aromatic heterocycles. The zero-order valence-electron chi connectivity index (χ0n) is 8.65. The lowest BCUT2D eigenvalue weighted by molar-refractivity contribution is -0.139. The molecule has 0 radical (unpaired) electrons. The molecule has 0 aliphatic carbocycles. The molecular formula is C10H14N2O2S. The number of carboxylic acid groups (broad SMARTS) is 1. The van der Waals surface area contributed by atoms with Gasteiger partial charge in [0, 0.05) is 10.6 Å². The van der Waals surface area contributed by atoms with Crippen LogP contribution in [0.5, 0.6) is 0 Å². The number of hydrogen-bond acceptors (Lipinski definition) is 4. The number of nitrogens with two attached hydrogens (primary N) is 1. The van der Waals surface area contributed by atoms with E-state index in [4.69, 9.17) is 10.8 Å². The van der Waals surface area contributed by atoms with Gasteiger partial charge in [0.25, 0.3) is 0 Å². The molecule has 1 unspecified atom stereocenters. The quantitative estimate of drug-likeness (QED) is 0.533. The van der Waals surface area contributed by atoms with Crippen molar-refractivity contribution >= 4 is 23.4 Å². The van der Waals surface area contributed by atoms with Crippen LogP contribution in [0.4, 0.5) is 5.69 Å². The van der Waals surface area contributed by atoms with E-state index < -0.39 is 12.0 Å². The first-order valence-corrected chi connectivity index (χ1v) is 5.66. The highest BCUT2D eigenvalue weighted by atomic mass is 32.2. The van der Waals surface area contributed by atoms with Crippen LogP contribution < -0.4 is 11.1 Å². The zero-order valence-corrected chi connectivity index (χ0v) is 9.47. The Bertz CT molecular complexity index is 368. The third kappa shape index (κ3) is 2.64. The first-order chi connectivity index (χ1) is 7.10. The fourth-order valence-electron chi connectivity index (χ4n) is 1.34. The van der Waals surface area contributed by atoms with E-state index in [1.165, 1.54) is 11.8 Å². The van der Waals surface area contributed by atoms with Crippen LogP contribution in [-0.4, -0.2) is 24.4 Å². The molecular weight excluding hydrogens is 212 g/mol. The van der Waals surface area contributed by atoms with Crippen LogP contribution in [0.1, 0.15) is 11.6 Å². The van der Waals surface area contributed by atoms with Gasteiger partial charge in [-0.3, -0.25) is 4.79 Å². The summed E-state index contributed by atoms with van der Waals surface area (Å²) in [4.78, 5) is 11.8. The second-order valence-corrected chi connectivity index (χ2v) is 3.91. The standard InChI is InChI=1S/C10H14N2O2S/c1-12-9(10(13)14)6-3-4-7(11)8(5-6)15-2/h3-5,9,12H,11H2,1-2H3,(H,13,14). The average molecular weight is 226 g/mol. The summed E-state index contributed by atoms with van der Waals surface area (Å²) in [5.41, 5.74) is 7.11. The molecule has 0 heterocycles. The van der Waals surface area contributed by atoms with E-state index in [1.807, 2.05) is 6.26 Å². The second-order valence-electron chi connectivity index (χ2n) is 3.06. The van der Waals surface area contributed by atoms with Gasteiger partial charge in [-0.05, 0) is 31.0 Å². The molecule has 0 saturated heterocycles. The molecule has 0 amide bonds. The van der Waals surface area contributed by atoms with Gasteiger partial charge < -0.3 is 16.2 Å². The van der Waals surface area contributed by atoms with E-state index >= 15 is 0 Å². The number of hydrogen-bond donors (Lipinski definition) is 3. The van der Waals surface area contributed by atoms with Gasteiger partial charge in [-0.2, -0.15) is 0 Å². The maximum atomic E-state index is 10.9. The molecule has 4 N–H and O–H groups in total. The molecule has 82 valence electrons. The number of nitrogens with one attached hydrogen (secondary N) is 1. The molecule has 1 aromatic rings. The topological polar surface area (TPSA) is 75.3 Å². The van der Waals surface area contributed by atoms with E-state index in [9.17, 15) is 4.79 Å². The Morgan fingerprint density at radius 1 is 1.60 bits per heavy atom.